The van der Waals surface area contributed by atoms with Gasteiger partial charge >= 0.3 is 5.97 Å². The molecule has 0 aliphatic carbocycles. The van der Waals surface area contributed by atoms with Crippen LogP contribution in [0.1, 0.15) is 18.4 Å². The molecule has 0 aromatic heterocycles. The number of aliphatic carboxylic acids is 1. The third-order valence-corrected chi connectivity index (χ3v) is 3.96. The quantitative estimate of drug-likeness (QED) is 0.844. The molecule has 1 aliphatic rings. The van der Waals surface area contributed by atoms with E-state index >= 15 is 0 Å². The summed E-state index contributed by atoms with van der Waals surface area (Å²) < 4.78 is 10.9. The Bertz CT molecular complexity index is 729. The van der Waals surface area contributed by atoms with Crippen LogP contribution in [0.4, 0.5) is 5.69 Å². The molecular weight excluding hydrogens is 322 g/mol. The Kier molecular flexibility index (Phi) is 5.30. The van der Waals surface area contributed by atoms with E-state index in [1.54, 1.807) is 24.3 Å². The molecule has 0 bridgehead atoms. The lowest BCUT2D eigenvalue weighted by Gasteiger charge is -2.12. The molecule has 2 aromatic rings. The summed E-state index contributed by atoms with van der Waals surface area (Å²) in [7, 11) is 0. The molecule has 130 valence electrons. The fraction of sp³-hybridized carbons (Fsp3) is 0.263. The zero-order chi connectivity index (χ0) is 17.6. The third-order valence-electron chi connectivity index (χ3n) is 3.96. The second-order valence-electron chi connectivity index (χ2n) is 5.82. The predicted molar refractivity (Wildman–Crippen MR) is 91.4 cm³/mol. The zero-order valence-electron chi connectivity index (χ0n) is 13.6. The fourth-order valence-electron chi connectivity index (χ4n) is 2.61. The Morgan fingerprint density at radius 2 is 1.72 bits per heavy atom. The zero-order valence-corrected chi connectivity index (χ0v) is 13.6. The number of carbonyl (C=O) groups excluding carboxylic acids is 1. The highest BCUT2D eigenvalue weighted by Crippen LogP contribution is 2.22. The SMILES string of the molecule is O=C(O)C1CCC(C(=O)Nc2ccc(OCc3ccccc3)cc2)O1. The van der Waals surface area contributed by atoms with Crippen LogP contribution in [-0.2, 0) is 20.9 Å². The highest BCUT2D eigenvalue weighted by Gasteiger charge is 2.34. The minimum atomic E-state index is -1.03. The molecule has 6 nitrogen and oxygen atoms in total. The number of nitrogens with one attached hydrogen (secondary N) is 1. The van der Waals surface area contributed by atoms with E-state index in [0.717, 1.165) is 5.56 Å². The predicted octanol–water partition coefficient (Wildman–Crippen LogP) is 2.84. The summed E-state index contributed by atoms with van der Waals surface area (Å²) in [6.07, 6.45) is -0.875. The second-order valence-corrected chi connectivity index (χ2v) is 5.82. The van der Waals surface area contributed by atoms with E-state index in [1.807, 2.05) is 30.3 Å². The number of ether oxygens (including phenoxy) is 2. The average molecular weight is 341 g/mol. The van der Waals surface area contributed by atoms with Crippen molar-refractivity contribution >= 4 is 17.6 Å². The summed E-state index contributed by atoms with van der Waals surface area (Å²) in [6.45, 7) is 0.471. The van der Waals surface area contributed by atoms with E-state index in [2.05, 4.69) is 5.32 Å². The van der Waals surface area contributed by atoms with Crippen LogP contribution < -0.4 is 10.1 Å². The average Bonchev–Trinajstić information content (AvgIpc) is 3.13. The van der Waals surface area contributed by atoms with Gasteiger partial charge in [-0.1, -0.05) is 30.3 Å². The normalized spacial score (nSPS) is 19.4. The largest absolute Gasteiger partial charge is 0.489 e. The molecule has 1 heterocycles. The van der Waals surface area contributed by atoms with Gasteiger partial charge in [0.25, 0.3) is 5.91 Å². The van der Waals surface area contributed by atoms with Crippen LogP contribution in [-0.4, -0.2) is 29.2 Å². The Labute approximate surface area is 145 Å². The van der Waals surface area contributed by atoms with Crippen LogP contribution in [0.25, 0.3) is 0 Å². The standard InChI is InChI=1S/C19H19NO5/c21-18(16-10-11-17(25-16)19(22)23)20-14-6-8-15(9-7-14)24-12-13-4-2-1-3-5-13/h1-9,16-17H,10-12H2,(H,20,21)(H,22,23). The fourth-order valence-corrected chi connectivity index (χ4v) is 2.61. The summed E-state index contributed by atoms with van der Waals surface area (Å²) in [5, 5.41) is 11.6. The molecule has 2 aromatic carbocycles. The Morgan fingerprint density at radius 1 is 1.04 bits per heavy atom. The van der Waals surface area contributed by atoms with Crippen LogP contribution in [0.15, 0.2) is 54.6 Å². The van der Waals surface area contributed by atoms with Crippen LogP contribution in [0.5, 0.6) is 5.75 Å². The molecule has 2 N–H and O–H groups in total. The molecule has 1 aliphatic heterocycles. The highest BCUT2D eigenvalue weighted by molar-refractivity contribution is 5.94. The van der Waals surface area contributed by atoms with Gasteiger partial charge in [0, 0.05) is 5.69 Å². The van der Waals surface area contributed by atoms with Crippen molar-refractivity contribution in [1.82, 2.24) is 0 Å². The first-order chi connectivity index (χ1) is 12.1. The first-order valence-corrected chi connectivity index (χ1v) is 8.08. The van der Waals surface area contributed by atoms with Gasteiger partial charge in [-0.2, -0.15) is 0 Å². The summed E-state index contributed by atoms with van der Waals surface area (Å²) in [4.78, 5) is 23.0. The maximum absolute atomic E-state index is 12.1. The van der Waals surface area contributed by atoms with E-state index in [9.17, 15) is 9.59 Å². The van der Waals surface area contributed by atoms with Gasteiger partial charge < -0.3 is 19.9 Å². The maximum atomic E-state index is 12.1. The summed E-state index contributed by atoms with van der Waals surface area (Å²) in [5.74, 6) is -0.665. The number of benzene rings is 2. The number of hydrogen-bond donors (Lipinski definition) is 2. The molecule has 25 heavy (non-hydrogen) atoms. The molecule has 2 atom stereocenters. The van der Waals surface area contributed by atoms with Crippen molar-refractivity contribution < 1.29 is 24.2 Å². The Morgan fingerprint density at radius 3 is 2.36 bits per heavy atom. The van der Waals surface area contributed by atoms with Gasteiger partial charge in [0.15, 0.2) is 6.10 Å². The molecule has 3 rings (SSSR count). The highest BCUT2D eigenvalue weighted by atomic mass is 16.5. The van der Waals surface area contributed by atoms with Crippen LogP contribution >= 0.6 is 0 Å². The lowest BCUT2D eigenvalue weighted by molar-refractivity contribution is -0.150. The van der Waals surface area contributed by atoms with E-state index in [4.69, 9.17) is 14.6 Å². The van der Waals surface area contributed by atoms with E-state index in [1.165, 1.54) is 0 Å². The van der Waals surface area contributed by atoms with Gasteiger partial charge in [-0.25, -0.2) is 4.79 Å². The van der Waals surface area contributed by atoms with Crippen molar-refractivity contribution in [3.05, 3.63) is 60.2 Å². The van der Waals surface area contributed by atoms with Crippen molar-refractivity contribution in [2.24, 2.45) is 0 Å². The summed E-state index contributed by atoms with van der Waals surface area (Å²) >= 11 is 0. The van der Waals surface area contributed by atoms with E-state index < -0.39 is 18.2 Å². The van der Waals surface area contributed by atoms with Gasteiger partial charge in [0.05, 0.1) is 0 Å². The van der Waals surface area contributed by atoms with Crippen molar-refractivity contribution in [3.8, 4) is 5.75 Å². The molecule has 1 fully saturated rings. The first kappa shape index (κ1) is 17.0. The van der Waals surface area contributed by atoms with Crippen molar-refractivity contribution in [2.45, 2.75) is 31.7 Å². The van der Waals surface area contributed by atoms with Crippen LogP contribution in [0.2, 0.25) is 0 Å². The van der Waals surface area contributed by atoms with Gasteiger partial charge in [0.2, 0.25) is 0 Å². The van der Waals surface area contributed by atoms with E-state index in [0.29, 0.717) is 30.9 Å². The monoisotopic (exact) mass is 341 g/mol. The minimum absolute atomic E-state index is 0.332. The van der Waals surface area contributed by atoms with Crippen molar-refractivity contribution in [2.75, 3.05) is 5.32 Å². The number of carboxylic acids is 1. The summed E-state index contributed by atoms with van der Waals surface area (Å²) in [5.41, 5.74) is 1.69. The van der Waals surface area contributed by atoms with Gasteiger partial charge in [0.1, 0.15) is 18.5 Å². The number of carboxylic acid groups (broad SMARTS) is 1. The van der Waals surface area contributed by atoms with Crippen molar-refractivity contribution in [3.63, 3.8) is 0 Å². The molecule has 0 spiro atoms. The van der Waals surface area contributed by atoms with Gasteiger partial charge in [-0.3, -0.25) is 4.79 Å². The number of carbonyl (C=O) groups is 2. The van der Waals surface area contributed by atoms with Gasteiger partial charge in [-0.15, -0.1) is 0 Å². The first-order valence-electron chi connectivity index (χ1n) is 8.08. The van der Waals surface area contributed by atoms with Crippen molar-refractivity contribution in [1.29, 1.82) is 0 Å². The second kappa shape index (κ2) is 7.81. The maximum Gasteiger partial charge on any atom is 0.332 e. The molecule has 6 heteroatoms. The Balaban J connectivity index is 1.50. The van der Waals surface area contributed by atoms with Gasteiger partial charge in [-0.05, 0) is 42.7 Å². The molecule has 1 amide bonds. The molecule has 1 saturated heterocycles. The molecular formula is C19H19NO5. The number of anilines is 1. The lowest BCUT2D eigenvalue weighted by Crippen LogP contribution is -2.29. The number of amides is 1. The smallest absolute Gasteiger partial charge is 0.332 e. The lowest BCUT2D eigenvalue weighted by atomic mass is 10.2. The Hall–Kier alpha value is -2.86. The molecule has 0 radical (unpaired) electrons. The summed E-state index contributed by atoms with van der Waals surface area (Å²) in [6, 6.07) is 16.9. The molecule has 0 saturated carbocycles. The van der Waals surface area contributed by atoms with Crippen LogP contribution in [0, 0.1) is 0 Å². The van der Waals surface area contributed by atoms with Crippen LogP contribution in [0.3, 0.4) is 0 Å². The molecule has 2 unspecified atom stereocenters. The topological polar surface area (TPSA) is 84.9 Å². The number of hydrogen-bond acceptors (Lipinski definition) is 4. The minimum Gasteiger partial charge on any atom is -0.489 e. The third kappa shape index (κ3) is 4.58. The van der Waals surface area contributed by atoms with E-state index in [-0.39, 0.29) is 5.91 Å². The number of rotatable bonds is 6.